The van der Waals surface area contributed by atoms with E-state index in [-0.39, 0.29) is 32.2 Å². The molecule has 0 bridgehead atoms. The van der Waals surface area contributed by atoms with Crippen LogP contribution in [0.5, 0.6) is 0 Å². The Hall–Kier alpha value is -3.22. The van der Waals surface area contributed by atoms with Crippen molar-refractivity contribution in [1.82, 2.24) is 15.5 Å². The minimum atomic E-state index is -1.32. The summed E-state index contributed by atoms with van der Waals surface area (Å²) in [6, 6.07) is -4.63. The Kier molecular flexibility index (Phi) is 9.86. The van der Waals surface area contributed by atoms with Crippen molar-refractivity contribution >= 4 is 35.6 Å². The van der Waals surface area contributed by atoms with Gasteiger partial charge in [-0.05, 0) is 32.6 Å². The summed E-state index contributed by atoms with van der Waals surface area (Å²) in [6.45, 7) is 1.44. The quantitative estimate of drug-likeness (QED) is 0.197. The molecule has 1 rings (SSSR count). The maximum atomic E-state index is 12.7. The number of rotatable bonds is 12. The molecule has 7 N–H and O–H groups in total. The molecule has 0 aromatic carbocycles. The lowest BCUT2D eigenvalue weighted by Gasteiger charge is -2.28. The van der Waals surface area contributed by atoms with Crippen molar-refractivity contribution in [2.24, 2.45) is 5.73 Å². The van der Waals surface area contributed by atoms with Crippen LogP contribution in [0, 0.1) is 0 Å². The topological polar surface area (TPSA) is 216 Å². The van der Waals surface area contributed by atoms with E-state index in [9.17, 15) is 28.8 Å². The first-order valence-corrected chi connectivity index (χ1v) is 9.77. The zero-order chi connectivity index (χ0) is 23.7. The third-order valence-electron chi connectivity index (χ3n) is 4.83. The molecule has 1 aliphatic rings. The van der Waals surface area contributed by atoms with E-state index in [1.165, 1.54) is 11.8 Å². The van der Waals surface area contributed by atoms with Gasteiger partial charge in [0, 0.05) is 19.4 Å². The molecule has 1 saturated heterocycles. The Balaban J connectivity index is 2.85. The minimum Gasteiger partial charge on any atom is -0.481 e. The Bertz CT molecular complexity index is 727. The molecular formula is C18H28N4O9. The summed E-state index contributed by atoms with van der Waals surface area (Å²) in [7, 11) is 0. The number of hydrogen-bond acceptors (Lipinski definition) is 7. The molecule has 1 aliphatic heterocycles. The molecule has 0 aliphatic carbocycles. The highest BCUT2D eigenvalue weighted by atomic mass is 16.4. The molecule has 0 aromatic heterocycles. The normalized spacial score (nSPS) is 18.5. The lowest BCUT2D eigenvalue weighted by atomic mass is 10.1. The van der Waals surface area contributed by atoms with Gasteiger partial charge in [-0.2, -0.15) is 0 Å². The smallest absolute Gasteiger partial charge is 0.325 e. The number of hydrogen-bond donors (Lipinski definition) is 6. The molecule has 0 saturated carbocycles. The Labute approximate surface area is 177 Å². The molecular weight excluding hydrogens is 416 g/mol. The summed E-state index contributed by atoms with van der Waals surface area (Å²) in [5.41, 5.74) is 5.75. The molecule has 0 spiro atoms. The SMILES string of the molecule is C[C@H](NC(=O)[C@H](CCC(=O)O)NC(=O)[C@@H]1CCCN1C(=O)[C@@H](N)CCC(=O)O)C(=O)O. The van der Waals surface area contributed by atoms with Crippen molar-refractivity contribution in [1.29, 1.82) is 0 Å². The average molecular weight is 444 g/mol. The number of likely N-dealkylation sites (tertiary alicyclic amines) is 1. The summed E-state index contributed by atoms with van der Waals surface area (Å²) in [4.78, 5) is 71.3. The number of nitrogens with two attached hydrogens (primary N) is 1. The first kappa shape index (κ1) is 25.8. The van der Waals surface area contributed by atoms with E-state index in [4.69, 9.17) is 21.1 Å². The molecule has 0 aromatic rings. The fraction of sp³-hybridized carbons (Fsp3) is 0.667. The van der Waals surface area contributed by atoms with Crippen molar-refractivity contribution in [2.75, 3.05) is 6.54 Å². The zero-order valence-electron chi connectivity index (χ0n) is 17.1. The molecule has 31 heavy (non-hydrogen) atoms. The van der Waals surface area contributed by atoms with Gasteiger partial charge in [-0.1, -0.05) is 0 Å². The number of carboxylic acid groups (broad SMARTS) is 3. The first-order chi connectivity index (χ1) is 14.4. The van der Waals surface area contributed by atoms with E-state index >= 15 is 0 Å². The van der Waals surface area contributed by atoms with Crippen LogP contribution in [0.4, 0.5) is 0 Å². The number of carboxylic acids is 3. The van der Waals surface area contributed by atoms with Gasteiger partial charge in [0.25, 0.3) is 0 Å². The molecule has 1 heterocycles. The van der Waals surface area contributed by atoms with Gasteiger partial charge in [0.2, 0.25) is 17.7 Å². The van der Waals surface area contributed by atoms with E-state index in [2.05, 4.69) is 10.6 Å². The summed E-state index contributed by atoms with van der Waals surface area (Å²) in [5.74, 6) is -5.78. The number of carbonyl (C=O) groups is 6. The maximum absolute atomic E-state index is 12.7. The summed E-state index contributed by atoms with van der Waals surface area (Å²) in [5, 5.41) is 31.1. The molecule has 3 amide bonds. The van der Waals surface area contributed by atoms with Gasteiger partial charge in [-0.15, -0.1) is 0 Å². The predicted octanol–water partition coefficient (Wildman–Crippen LogP) is -1.89. The van der Waals surface area contributed by atoms with Crippen molar-refractivity contribution in [3.8, 4) is 0 Å². The monoisotopic (exact) mass is 444 g/mol. The first-order valence-electron chi connectivity index (χ1n) is 9.77. The van der Waals surface area contributed by atoms with Crippen molar-refractivity contribution in [3.05, 3.63) is 0 Å². The average Bonchev–Trinajstić information content (AvgIpc) is 3.17. The van der Waals surface area contributed by atoms with Gasteiger partial charge in [0.1, 0.15) is 18.1 Å². The van der Waals surface area contributed by atoms with Gasteiger partial charge in [0.05, 0.1) is 6.04 Å². The van der Waals surface area contributed by atoms with E-state index in [1.54, 1.807) is 0 Å². The summed E-state index contributed by atoms with van der Waals surface area (Å²) in [6.07, 6.45) is -0.378. The molecule has 174 valence electrons. The number of carbonyl (C=O) groups excluding carboxylic acids is 3. The lowest BCUT2D eigenvalue weighted by molar-refractivity contribution is -0.143. The van der Waals surface area contributed by atoms with E-state index in [0.717, 1.165) is 0 Å². The van der Waals surface area contributed by atoms with Crippen LogP contribution in [0.25, 0.3) is 0 Å². The van der Waals surface area contributed by atoms with Gasteiger partial charge < -0.3 is 36.6 Å². The molecule has 0 radical (unpaired) electrons. The molecule has 13 nitrogen and oxygen atoms in total. The van der Waals surface area contributed by atoms with E-state index in [1.807, 2.05) is 0 Å². The van der Waals surface area contributed by atoms with Crippen molar-refractivity contribution < 1.29 is 44.1 Å². The fourth-order valence-electron chi connectivity index (χ4n) is 3.10. The van der Waals surface area contributed by atoms with Crippen LogP contribution >= 0.6 is 0 Å². The number of nitrogens with one attached hydrogen (secondary N) is 2. The second-order valence-electron chi connectivity index (χ2n) is 7.29. The van der Waals surface area contributed by atoms with E-state index < -0.39 is 66.2 Å². The maximum Gasteiger partial charge on any atom is 0.325 e. The van der Waals surface area contributed by atoms with Crippen LogP contribution in [-0.4, -0.2) is 86.6 Å². The van der Waals surface area contributed by atoms with Gasteiger partial charge >= 0.3 is 17.9 Å². The van der Waals surface area contributed by atoms with Crippen LogP contribution in [0.2, 0.25) is 0 Å². The highest BCUT2D eigenvalue weighted by molar-refractivity contribution is 5.94. The van der Waals surface area contributed by atoms with Gasteiger partial charge in [0.15, 0.2) is 0 Å². The van der Waals surface area contributed by atoms with Crippen LogP contribution in [0.3, 0.4) is 0 Å². The number of amides is 3. The number of nitrogens with zero attached hydrogens (tertiary/aromatic N) is 1. The second kappa shape index (κ2) is 11.8. The highest BCUT2D eigenvalue weighted by Gasteiger charge is 2.37. The summed E-state index contributed by atoms with van der Waals surface area (Å²) >= 11 is 0. The Morgan fingerprint density at radius 2 is 1.58 bits per heavy atom. The van der Waals surface area contributed by atoms with Crippen LogP contribution in [-0.2, 0) is 28.8 Å². The van der Waals surface area contributed by atoms with E-state index in [0.29, 0.717) is 6.42 Å². The predicted molar refractivity (Wildman–Crippen MR) is 104 cm³/mol. The third-order valence-corrected chi connectivity index (χ3v) is 4.83. The number of aliphatic carboxylic acids is 3. The highest BCUT2D eigenvalue weighted by Crippen LogP contribution is 2.19. The van der Waals surface area contributed by atoms with Crippen molar-refractivity contribution in [3.63, 3.8) is 0 Å². The van der Waals surface area contributed by atoms with Crippen LogP contribution < -0.4 is 16.4 Å². The van der Waals surface area contributed by atoms with Gasteiger partial charge in [-0.3, -0.25) is 28.8 Å². The molecule has 13 heteroatoms. The second-order valence-corrected chi connectivity index (χ2v) is 7.29. The largest absolute Gasteiger partial charge is 0.481 e. The fourth-order valence-corrected chi connectivity index (χ4v) is 3.10. The van der Waals surface area contributed by atoms with Crippen molar-refractivity contribution in [2.45, 2.75) is 69.6 Å². The van der Waals surface area contributed by atoms with Gasteiger partial charge in [-0.25, -0.2) is 0 Å². The van der Waals surface area contributed by atoms with Crippen LogP contribution in [0.1, 0.15) is 45.4 Å². The molecule has 4 atom stereocenters. The van der Waals surface area contributed by atoms with Crippen LogP contribution in [0.15, 0.2) is 0 Å². The Morgan fingerprint density at radius 1 is 1.00 bits per heavy atom. The summed E-state index contributed by atoms with van der Waals surface area (Å²) < 4.78 is 0. The zero-order valence-corrected chi connectivity index (χ0v) is 17.1. The molecule has 0 unspecified atom stereocenters. The lowest BCUT2D eigenvalue weighted by Crippen LogP contribution is -2.56. The molecule has 1 fully saturated rings. The Morgan fingerprint density at radius 3 is 2.13 bits per heavy atom. The minimum absolute atomic E-state index is 0.101. The standard InChI is InChI=1S/C18H28N4O9/c1-9(18(30)31)20-15(27)11(5-7-14(25)26)21-16(28)12-3-2-8-22(12)17(29)10(19)4-6-13(23)24/h9-12H,2-8,19H2,1H3,(H,20,27)(H,21,28)(H,23,24)(H,25,26)(H,30,31)/t9-,10-,11-,12-/m0/s1. The third kappa shape index (κ3) is 8.20.